The van der Waals surface area contributed by atoms with Gasteiger partial charge in [-0.1, -0.05) is 58.8 Å². The zero-order valence-electron chi connectivity index (χ0n) is 10.6. The molecule has 0 radical (unpaired) electrons. The molecular formula is C13H26O3. The van der Waals surface area contributed by atoms with E-state index in [0.717, 1.165) is 11.8 Å². The highest BCUT2D eigenvalue weighted by atomic mass is 16.6. The standard InChI is InChI=1S/C12H24.CH2O3/c1-3-11(4-2)10-12-8-6-5-7-9-12;2-1(3)4/h11-12H,3-10H2,1-2H3;(H2,2,3,4). The van der Waals surface area contributed by atoms with Crippen LogP contribution in [0.1, 0.15) is 65.2 Å². The Labute approximate surface area is 98.9 Å². The summed E-state index contributed by atoms with van der Waals surface area (Å²) in [4.78, 5) is 8.56. The zero-order chi connectivity index (χ0) is 12.4. The van der Waals surface area contributed by atoms with Gasteiger partial charge in [0.1, 0.15) is 0 Å². The fraction of sp³-hybridized carbons (Fsp3) is 0.923. The quantitative estimate of drug-likeness (QED) is 0.741. The molecule has 1 fully saturated rings. The Hall–Kier alpha value is -0.730. The zero-order valence-corrected chi connectivity index (χ0v) is 10.6. The average molecular weight is 230 g/mol. The molecule has 0 aromatic carbocycles. The van der Waals surface area contributed by atoms with E-state index >= 15 is 0 Å². The molecule has 16 heavy (non-hydrogen) atoms. The van der Waals surface area contributed by atoms with Gasteiger partial charge in [-0.15, -0.1) is 0 Å². The molecule has 0 spiro atoms. The van der Waals surface area contributed by atoms with Gasteiger partial charge in [0.15, 0.2) is 0 Å². The second kappa shape index (κ2) is 9.49. The van der Waals surface area contributed by atoms with E-state index in [4.69, 9.17) is 15.0 Å². The lowest BCUT2D eigenvalue weighted by molar-refractivity contribution is 0.137. The lowest BCUT2D eigenvalue weighted by atomic mass is 9.81. The molecule has 0 heterocycles. The van der Waals surface area contributed by atoms with Crippen molar-refractivity contribution in [2.45, 2.75) is 65.2 Å². The molecule has 1 rings (SSSR count). The van der Waals surface area contributed by atoms with Crippen molar-refractivity contribution in [2.75, 3.05) is 0 Å². The molecule has 0 atom stereocenters. The molecule has 3 nitrogen and oxygen atoms in total. The van der Waals surface area contributed by atoms with E-state index in [2.05, 4.69) is 13.8 Å². The Morgan fingerprint density at radius 2 is 1.56 bits per heavy atom. The summed E-state index contributed by atoms with van der Waals surface area (Å²) in [5.74, 6) is 2.11. The Kier molecular flexibility index (Phi) is 9.06. The van der Waals surface area contributed by atoms with E-state index < -0.39 is 6.16 Å². The summed E-state index contributed by atoms with van der Waals surface area (Å²) in [7, 11) is 0. The second-order valence-corrected chi connectivity index (χ2v) is 4.70. The lowest BCUT2D eigenvalue weighted by Crippen LogP contribution is -2.11. The maximum absolute atomic E-state index is 8.56. The number of carbonyl (C=O) groups is 1. The summed E-state index contributed by atoms with van der Waals surface area (Å²) in [6, 6.07) is 0. The van der Waals surface area contributed by atoms with E-state index in [9.17, 15) is 0 Å². The topological polar surface area (TPSA) is 57.5 Å². The maximum atomic E-state index is 8.56. The summed E-state index contributed by atoms with van der Waals surface area (Å²) in [5.41, 5.74) is 0. The SMILES string of the molecule is CCC(CC)CC1CCCCC1.O=C(O)O. The second-order valence-electron chi connectivity index (χ2n) is 4.70. The Balaban J connectivity index is 0.000000487. The van der Waals surface area contributed by atoms with Crippen LogP contribution in [0, 0.1) is 11.8 Å². The van der Waals surface area contributed by atoms with Crippen LogP contribution in [0.4, 0.5) is 4.79 Å². The van der Waals surface area contributed by atoms with Gasteiger partial charge in [0, 0.05) is 0 Å². The number of carboxylic acid groups (broad SMARTS) is 2. The smallest absolute Gasteiger partial charge is 0.450 e. The molecule has 0 saturated heterocycles. The van der Waals surface area contributed by atoms with Crippen molar-refractivity contribution in [3.05, 3.63) is 0 Å². The Bertz CT molecular complexity index is 166. The van der Waals surface area contributed by atoms with Crippen LogP contribution in [-0.4, -0.2) is 16.4 Å². The highest BCUT2D eigenvalue weighted by Gasteiger charge is 2.16. The summed E-state index contributed by atoms with van der Waals surface area (Å²) in [6.07, 6.45) is 10.0. The van der Waals surface area contributed by atoms with Gasteiger partial charge in [0.05, 0.1) is 0 Å². The van der Waals surface area contributed by atoms with Crippen molar-refractivity contribution in [1.82, 2.24) is 0 Å². The molecule has 1 saturated carbocycles. The van der Waals surface area contributed by atoms with Gasteiger partial charge in [0.2, 0.25) is 0 Å². The fourth-order valence-electron chi connectivity index (χ4n) is 2.52. The first kappa shape index (κ1) is 15.3. The van der Waals surface area contributed by atoms with Crippen molar-refractivity contribution in [2.24, 2.45) is 11.8 Å². The molecule has 0 unspecified atom stereocenters. The first-order chi connectivity index (χ1) is 7.60. The molecule has 2 N–H and O–H groups in total. The third-order valence-electron chi connectivity index (χ3n) is 3.55. The van der Waals surface area contributed by atoms with Gasteiger partial charge in [-0.3, -0.25) is 0 Å². The first-order valence-corrected chi connectivity index (χ1v) is 6.52. The van der Waals surface area contributed by atoms with E-state index in [1.807, 2.05) is 0 Å². The minimum Gasteiger partial charge on any atom is -0.450 e. The number of hydrogen-bond acceptors (Lipinski definition) is 1. The van der Waals surface area contributed by atoms with Crippen molar-refractivity contribution < 1.29 is 15.0 Å². The maximum Gasteiger partial charge on any atom is 0.503 e. The largest absolute Gasteiger partial charge is 0.503 e. The lowest BCUT2D eigenvalue weighted by Gasteiger charge is -2.25. The van der Waals surface area contributed by atoms with Crippen LogP contribution in [0.15, 0.2) is 0 Å². The summed E-state index contributed by atoms with van der Waals surface area (Å²) in [5, 5.41) is 13.9. The molecule has 3 heteroatoms. The van der Waals surface area contributed by atoms with E-state index in [0.29, 0.717) is 0 Å². The predicted octanol–water partition coefficient (Wildman–Crippen LogP) is 4.62. The first-order valence-electron chi connectivity index (χ1n) is 6.52. The van der Waals surface area contributed by atoms with Gasteiger partial charge >= 0.3 is 6.16 Å². The van der Waals surface area contributed by atoms with Gasteiger partial charge < -0.3 is 10.2 Å². The Morgan fingerprint density at radius 1 is 1.12 bits per heavy atom. The highest BCUT2D eigenvalue weighted by molar-refractivity contribution is 5.53. The van der Waals surface area contributed by atoms with Crippen LogP contribution in [0.25, 0.3) is 0 Å². The molecule has 0 aromatic heterocycles. The molecule has 0 aliphatic heterocycles. The van der Waals surface area contributed by atoms with Crippen molar-refractivity contribution in [3.63, 3.8) is 0 Å². The van der Waals surface area contributed by atoms with Crippen LogP contribution in [-0.2, 0) is 0 Å². The van der Waals surface area contributed by atoms with Crippen LogP contribution >= 0.6 is 0 Å². The van der Waals surface area contributed by atoms with E-state index in [1.165, 1.54) is 51.4 Å². The normalized spacial score (nSPS) is 16.7. The summed E-state index contributed by atoms with van der Waals surface area (Å²) in [6.45, 7) is 4.69. The summed E-state index contributed by atoms with van der Waals surface area (Å²) < 4.78 is 0. The fourth-order valence-corrected chi connectivity index (χ4v) is 2.52. The van der Waals surface area contributed by atoms with Crippen LogP contribution < -0.4 is 0 Å². The van der Waals surface area contributed by atoms with Crippen molar-refractivity contribution >= 4 is 6.16 Å². The predicted molar refractivity (Wildman–Crippen MR) is 65.9 cm³/mol. The average Bonchev–Trinajstić information content (AvgIpc) is 2.26. The third-order valence-corrected chi connectivity index (χ3v) is 3.55. The van der Waals surface area contributed by atoms with E-state index in [-0.39, 0.29) is 0 Å². The van der Waals surface area contributed by atoms with Crippen LogP contribution in [0.5, 0.6) is 0 Å². The van der Waals surface area contributed by atoms with Crippen LogP contribution in [0.3, 0.4) is 0 Å². The molecule has 96 valence electrons. The number of rotatable bonds is 4. The molecule has 0 amide bonds. The minimum atomic E-state index is -1.83. The highest BCUT2D eigenvalue weighted by Crippen LogP contribution is 2.30. The van der Waals surface area contributed by atoms with Gasteiger partial charge in [-0.25, -0.2) is 4.79 Å². The molecule has 0 bridgehead atoms. The molecule has 1 aliphatic rings. The van der Waals surface area contributed by atoms with Gasteiger partial charge in [0.25, 0.3) is 0 Å². The third kappa shape index (κ3) is 8.57. The van der Waals surface area contributed by atoms with E-state index in [1.54, 1.807) is 0 Å². The number of hydrogen-bond donors (Lipinski definition) is 2. The molecule has 1 aliphatic carbocycles. The van der Waals surface area contributed by atoms with Gasteiger partial charge in [-0.2, -0.15) is 0 Å². The van der Waals surface area contributed by atoms with Gasteiger partial charge in [-0.05, 0) is 18.3 Å². The van der Waals surface area contributed by atoms with Crippen molar-refractivity contribution in [1.29, 1.82) is 0 Å². The Morgan fingerprint density at radius 3 is 1.94 bits per heavy atom. The summed E-state index contributed by atoms with van der Waals surface area (Å²) >= 11 is 0. The van der Waals surface area contributed by atoms with Crippen LogP contribution in [0.2, 0.25) is 0 Å². The minimum absolute atomic E-state index is 1.02. The van der Waals surface area contributed by atoms with Crippen molar-refractivity contribution in [3.8, 4) is 0 Å². The molecule has 0 aromatic rings. The molecular weight excluding hydrogens is 204 g/mol. The monoisotopic (exact) mass is 230 g/mol.